The fourth-order valence-electron chi connectivity index (χ4n) is 2.06. The van der Waals surface area contributed by atoms with E-state index in [-0.39, 0.29) is 6.04 Å². The van der Waals surface area contributed by atoms with E-state index in [1.54, 1.807) is 11.3 Å². The van der Waals surface area contributed by atoms with E-state index in [9.17, 15) is 0 Å². The van der Waals surface area contributed by atoms with Crippen molar-refractivity contribution in [3.8, 4) is 0 Å². The summed E-state index contributed by atoms with van der Waals surface area (Å²) in [6.07, 6.45) is 2.68. The van der Waals surface area contributed by atoms with Crippen LogP contribution >= 0.6 is 27.3 Å². The predicted molar refractivity (Wildman–Crippen MR) is 85.7 cm³/mol. The lowest BCUT2D eigenvalue weighted by molar-refractivity contribution is 0.730. The maximum Gasteiger partial charge on any atom is 0.131 e. The van der Waals surface area contributed by atoms with Gasteiger partial charge in [0.2, 0.25) is 0 Å². The Morgan fingerprint density at radius 3 is 2.95 bits per heavy atom. The summed E-state index contributed by atoms with van der Waals surface area (Å²) in [7, 11) is 2.07. The molecule has 0 spiro atoms. The molecule has 5 heteroatoms. The molecular formula is C14H18BrN3S. The van der Waals surface area contributed by atoms with Crippen molar-refractivity contribution in [3.05, 3.63) is 44.7 Å². The molecule has 1 atom stereocenters. The number of aromatic nitrogens is 1. The van der Waals surface area contributed by atoms with Crippen LogP contribution in [0.3, 0.4) is 0 Å². The molecule has 0 amide bonds. The number of pyridine rings is 1. The molecule has 2 heterocycles. The minimum atomic E-state index is 0.145. The van der Waals surface area contributed by atoms with E-state index in [1.165, 1.54) is 11.1 Å². The highest BCUT2D eigenvalue weighted by Gasteiger charge is 2.11. The van der Waals surface area contributed by atoms with Gasteiger partial charge in [-0.2, -0.15) is 0 Å². The number of hydrogen-bond acceptors (Lipinski definition) is 4. The number of nitrogens with zero attached hydrogens (tertiary/aromatic N) is 2. The van der Waals surface area contributed by atoms with Crippen LogP contribution in [0.1, 0.15) is 18.1 Å². The SMILES string of the molecule is CC(N)Cc1cccnc1N(C)Cc1csc(Br)c1. The number of rotatable bonds is 5. The second kappa shape index (κ2) is 6.50. The lowest BCUT2D eigenvalue weighted by Gasteiger charge is -2.21. The monoisotopic (exact) mass is 339 g/mol. The van der Waals surface area contributed by atoms with Crippen molar-refractivity contribution in [2.75, 3.05) is 11.9 Å². The molecule has 0 aliphatic heterocycles. The average Bonchev–Trinajstić information content (AvgIpc) is 2.74. The lowest BCUT2D eigenvalue weighted by atomic mass is 10.1. The van der Waals surface area contributed by atoms with Crippen LogP contribution in [0, 0.1) is 0 Å². The van der Waals surface area contributed by atoms with E-state index >= 15 is 0 Å². The molecule has 2 rings (SSSR count). The zero-order chi connectivity index (χ0) is 13.8. The zero-order valence-corrected chi connectivity index (χ0v) is 13.5. The number of hydrogen-bond donors (Lipinski definition) is 1. The summed E-state index contributed by atoms with van der Waals surface area (Å²) in [6, 6.07) is 6.36. The highest BCUT2D eigenvalue weighted by Crippen LogP contribution is 2.24. The zero-order valence-electron chi connectivity index (χ0n) is 11.1. The summed E-state index contributed by atoms with van der Waals surface area (Å²) in [5, 5.41) is 2.16. The van der Waals surface area contributed by atoms with Gasteiger partial charge in [-0.05, 0) is 57.9 Å². The van der Waals surface area contributed by atoms with Gasteiger partial charge < -0.3 is 10.6 Å². The maximum absolute atomic E-state index is 5.90. The van der Waals surface area contributed by atoms with Crippen molar-refractivity contribution < 1.29 is 0 Å². The molecule has 19 heavy (non-hydrogen) atoms. The Hall–Kier alpha value is -0.910. The second-order valence-electron chi connectivity index (χ2n) is 4.78. The largest absolute Gasteiger partial charge is 0.355 e. The predicted octanol–water partition coefficient (Wildman–Crippen LogP) is 3.43. The van der Waals surface area contributed by atoms with Crippen molar-refractivity contribution in [3.63, 3.8) is 0 Å². The Labute approximate surface area is 126 Å². The Morgan fingerprint density at radius 2 is 2.32 bits per heavy atom. The van der Waals surface area contributed by atoms with Gasteiger partial charge in [0.15, 0.2) is 0 Å². The Bertz CT molecular complexity index is 539. The van der Waals surface area contributed by atoms with Crippen molar-refractivity contribution in [2.45, 2.75) is 25.9 Å². The van der Waals surface area contributed by atoms with Gasteiger partial charge in [-0.3, -0.25) is 0 Å². The smallest absolute Gasteiger partial charge is 0.131 e. The third-order valence-corrected chi connectivity index (χ3v) is 4.37. The molecular weight excluding hydrogens is 322 g/mol. The van der Waals surface area contributed by atoms with E-state index in [0.717, 1.165) is 22.6 Å². The van der Waals surface area contributed by atoms with Crippen LogP contribution < -0.4 is 10.6 Å². The van der Waals surface area contributed by atoms with Gasteiger partial charge in [0, 0.05) is 25.8 Å². The summed E-state index contributed by atoms with van der Waals surface area (Å²) in [5.41, 5.74) is 8.39. The summed E-state index contributed by atoms with van der Waals surface area (Å²) < 4.78 is 1.16. The molecule has 0 aromatic carbocycles. The first kappa shape index (κ1) is 14.5. The van der Waals surface area contributed by atoms with Crippen LogP contribution in [0.25, 0.3) is 0 Å². The molecule has 0 aliphatic carbocycles. The van der Waals surface area contributed by atoms with E-state index in [0.29, 0.717) is 0 Å². The molecule has 0 saturated carbocycles. The Balaban J connectivity index is 2.16. The molecule has 0 fully saturated rings. The van der Waals surface area contributed by atoms with Crippen LogP contribution in [-0.2, 0) is 13.0 Å². The minimum Gasteiger partial charge on any atom is -0.355 e. The maximum atomic E-state index is 5.90. The van der Waals surface area contributed by atoms with Gasteiger partial charge in [-0.15, -0.1) is 11.3 Å². The minimum absolute atomic E-state index is 0.145. The van der Waals surface area contributed by atoms with Crippen molar-refractivity contribution in [1.29, 1.82) is 0 Å². The quantitative estimate of drug-likeness (QED) is 0.907. The second-order valence-corrected chi connectivity index (χ2v) is 7.07. The first-order valence-electron chi connectivity index (χ1n) is 6.20. The Kier molecular flexibility index (Phi) is 4.96. The third kappa shape index (κ3) is 4.03. The van der Waals surface area contributed by atoms with Gasteiger partial charge in [0.25, 0.3) is 0 Å². The van der Waals surface area contributed by atoms with Crippen LogP contribution in [-0.4, -0.2) is 18.1 Å². The van der Waals surface area contributed by atoms with E-state index in [1.807, 2.05) is 19.2 Å². The van der Waals surface area contributed by atoms with Gasteiger partial charge in [0.1, 0.15) is 5.82 Å². The average molecular weight is 340 g/mol. The standard InChI is InChI=1S/C14H18BrN3S/c1-10(16)6-12-4-3-5-17-14(12)18(2)8-11-7-13(15)19-9-11/h3-5,7,9-10H,6,8,16H2,1-2H3. The van der Waals surface area contributed by atoms with Gasteiger partial charge in [0.05, 0.1) is 3.79 Å². The molecule has 0 radical (unpaired) electrons. The molecule has 0 bridgehead atoms. The normalized spacial score (nSPS) is 12.4. The highest BCUT2D eigenvalue weighted by molar-refractivity contribution is 9.11. The van der Waals surface area contributed by atoms with Crippen molar-refractivity contribution in [1.82, 2.24) is 4.98 Å². The number of anilines is 1. The van der Waals surface area contributed by atoms with Crippen LogP contribution in [0.15, 0.2) is 33.6 Å². The first-order chi connectivity index (χ1) is 9.06. The number of nitrogens with two attached hydrogens (primary N) is 1. The topological polar surface area (TPSA) is 42.1 Å². The molecule has 1 unspecified atom stereocenters. The van der Waals surface area contributed by atoms with Crippen LogP contribution in [0.5, 0.6) is 0 Å². The van der Waals surface area contributed by atoms with Gasteiger partial charge in [-0.1, -0.05) is 6.07 Å². The number of halogens is 1. The summed E-state index contributed by atoms with van der Waals surface area (Å²) in [4.78, 5) is 6.67. The Morgan fingerprint density at radius 1 is 1.53 bits per heavy atom. The lowest BCUT2D eigenvalue weighted by Crippen LogP contribution is -2.23. The molecule has 3 nitrogen and oxygen atoms in total. The molecule has 2 N–H and O–H groups in total. The van der Waals surface area contributed by atoms with Crippen molar-refractivity contribution in [2.24, 2.45) is 5.73 Å². The van der Waals surface area contributed by atoms with Gasteiger partial charge >= 0.3 is 0 Å². The summed E-state index contributed by atoms with van der Waals surface area (Å²) in [6.45, 7) is 2.87. The van der Waals surface area contributed by atoms with Crippen LogP contribution in [0.2, 0.25) is 0 Å². The van der Waals surface area contributed by atoms with E-state index < -0.39 is 0 Å². The summed E-state index contributed by atoms with van der Waals surface area (Å²) in [5.74, 6) is 1.02. The molecule has 0 saturated heterocycles. The fourth-order valence-corrected chi connectivity index (χ4v) is 3.26. The van der Waals surface area contributed by atoms with E-state index in [2.05, 4.69) is 50.4 Å². The highest BCUT2D eigenvalue weighted by atomic mass is 79.9. The summed E-state index contributed by atoms with van der Waals surface area (Å²) >= 11 is 5.20. The molecule has 102 valence electrons. The van der Waals surface area contributed by atoms with E-state index in [4.69, 9.17) is 5.73 Å². The molecule has 2 aromatic heterocycles. The van der Waals surface area contributed by atoms with Crippen molar-refractivity contribution >= 4 is 33.1 Å². The number of thiophene rings is 1. The first-order valence-corrected chi connectivity index (χ1v) is 7.87. The van der Waals surface area contributed by atoms with Crippen LogP contribution in [0.4, 0.5) is 5.82 Å². The third-order valence-electron chi connectivity index (χ3n) is 2.81. The fraction of sp³-hybridized carbons (Fsp3) is 0.357. The molecule has 2 aromatic rings. The van der Waals surface area contributed by atoms with Gasteiger partial charge in [-0.25, -0.2) is 4.98 Å². The molecule has 0 aliphatic rings.